The summed E-state index contributed by atoms with van der Waals surface area (Å²) in [5, 5.41) is 0.528. The lowest BCUT2D eigenvalue weighted by molar-refractivity contribution is -0.150. The molecule has 1 rings (SSSR count). The van der Waals surface area contributed by atoms with Crippen molar-refractivity contribution in [2.24, 2.45) is 0 Å². The minimum Gasteiger partial charge on any atom is -0.460 e. The highest BCUT2D eigenvalue weighted by Crippen LogP contribution is 2.10. The van der Waals surface area contributed by atoms with Gasteiger partial charge in [-0.05, 0) is 43.3 Å². The van der Waals surface area contributed by atoms with Gasteiger partial charge in [0.25, 0.3) is 0 Å². The molecular weight excluding hydrogens is 308 g/mol. The molecule has 0 atom stereocenters. The molecule has 0 aliphatic rings. The Hall–Kier alpha value is -2.40. The fraction of sp³-hybridized carbons (Fsp3) is 0.188. The van der Waals surface area contributed by atoms with Crippen molar-refractivity contribution < 1.29 is 23.9 Å². The third kappa shape index (κ3) is 5.93. The molecule has 0 radical (unpaired) electrons. The van der Waals surface area contributed by atoms with Gasteiger partial charge >= 0.3 is 11.9 Å². The van der Waals surface area contributed by atoms with Gasteiger partial charge in [0.15, 0.2) is 5.78 Å². The highest BCUT2D eigenvalue weighted by atomic mass is 35.5. The van der Waals surface area contributed by atoms with Gasteiger partial charge < -0.3 is 9.47 Å². The number of ether oxygens (including phenoxy) is 2. The fourth-order valence-electron chi connectivity index (χ4n) is 1.43. The first kappa shape index (κ1) is 17.7. The van der Waals surface area contributed by atoms with E-state index < -0.39 is 11.9 Å². The zero-order valence-electron chi connectivity index (χ0n) is 12.2. The van der Waals surface area contributed by atoms with Gasteiger partial charge in [-0.2, -0.15) is 0 Å². The van der Waals surface area contributed by atoms with Crippen LogP contribution in [0.4, 0.5) is 0 Å². The summed E-state index contributed by atoms with van der Waals surface area (Å²) in [6, 6.07) is 6.36. The van der Waals surface area contributed by atoms with E-state index in [9.17, 15) is 14.4 Å². The van der Waals surface area contributed by atoms with Crippen molar-refractivity contribution in [2.45, 2.75) is 13.8 Å². The number of carbonyl (C=O) groups excluding carboxylic acids is 3. The van der Waals surface area contributed by atoms with E-state index in [2.05, 4.69) is 0 Å². The van der Waals surface area contributed by atoms with E-state index >= 15 is 0 Å². The maximum atomic E-state index is 11.9. The number of esters is 2. The lowest BCUT2D eigenvalue weighted by Crippen LogP contribution is -2.12. The van der Waals surface area contributed by atoms with Crippen LogP contribution in [0.1, 0.15) is 24.2 Å². The van der Waals surface area contributed by atoms with Crippen molar-refractivity contribution in [3.8, 4) is 0 Å². The van der Waals surface area contributed by atoms with Crippen LogP contribution in [0.25, 0.3) is 0 Å². The lowest BCUT2D eigenvalue weighted by atomic mass is 10.1. The summed E-state index contributed by atoms with van der Waals surface area (Å²) in [6.07, 6.45) is 3.76. The van der Waals surface area contributed by atoms with E-state index in [-0.39, 0.29) is 18.1 Å². The van der Waals surface area contributed by atoms with Crippen molar-refractivity contribution in [3.05, 3.63) is 58.8 Å². The largest absolute Gasteiger partial charge is 0.460 e. The van der Waals surface area contributed by atoms with Crippen LogP contribution in [0, 0.1) is 0 Å². The third-order valence-corrected chi connectivity index (χ3v) is 2.61. The molecule has 0 aliphatic carbocycles. The predicted molar refractivity (Wildman–Crippen MR) is 81.4 cm³/mol. The second-order valence-corrected chi connectivity index (χ2v) is 4.51. The number of allylic oxidation sites excluding steroid dienone is 3. The van der Waals surface area contributed by atoms with Crippen LogP contribution in [0.2, 0.25) is 5.02 Å². The van der Waals surface area contributed by atoms with E-state index in [0.29, 0.717) is 10.6 Å². The third-order valence-electron chi connectivity index (χ3n) is 2.35. The number of hydrogen-bond donors (Lipinski definition) is 0. The Bertz CT molecular complexity index is 614. The minimum atomic E-state index is -0.777. The molecule has 0 saturated carbocycles. The summed E-state index contributed by atoms with van der Waals surface area (Å²) in [7, 11) is 0. The number of carbonyl (C=O) groups is 3. The number of hydrogen-bond acceptors (Lipinski definition) is 5. The average molecular weight is 323 g/mol. The van der Waals surface area contributed by atoms with Crippen LogP contribution in [-0.2, 0) is 19.1 Å². The van der Waals surface area contributed by atoms with Gasteiger partial charge in [0.1, 0.15) is 0 Å². The molecule has 0 heterocycles. The summed E-state index contributed by atoms with van der Waals surface area (Å²) >= 11 is 5.74. The molecule has 0 aliphatic heterocycles. The van der Waals surface area contributed by atoms with E-state index in [4.69, 9.17) is 21.1 Å². The molecule has 1 aromatic rings. The van der Waals surface area contributed by atoms with Gasteiger partial charge in [-0.15, -0.1) is 0 Å². The van der Waals surface area contributed by atoms with Crippen molar-refractivity contribution in [3.63, 3.8) is 0 Å². The highest BCUT2D eigenvalue weighted by molar-refractivity contribution is 6.30. The number of halogens is 1. The molecule has 0 unspecified atom stereocenters. The van der Waals surface area contributed by atoms with Crippen molar-refractivity contribution in [1.82, 2.24) is 0 Å². The first-order valence-electron chi connectivity index (χ1n) is 6.47. The molecule has 116 valence electrons. The van der Waals surface area contributed by atoms with Crippen molar-refractivity contribution in [2.75, 3.05) is 6.61 Å². The molecule has 0 amide bonds. The Kier molecular flexibility index (Phi) is 7.05. The zero-order valence-corrected chi connectivity index (χ0v) is 12.9. The predicted octanol–water partition coefficient (Wildman–Crippen LogP) is 3.09. The van der Waals surface area contributed by atoms with Gasteiger partial charge in [-0.3, -0.25) is 9.59 Å². The summed E-state index contributed by atoms with van der Waals surface area (Å²) in [4.78, 5) is 34.4. The van der Waals surface area contributed by atoms with Crippen LogP contribution < -0.4 is 0 Å². The standard InChI is InChI=1S/C16H15ClO5/c1-3-21-16(20)15(22-11(2)18)6-4-5-14(19)12-7-9-13(17)10-8-12/h4-10H,3H2,1-2H3/b5-4+,15-6-. The van der Waals surface area contributed by atoms with Gasteiger partial charge in [0, 0.05) is 17.5 Å². The van der Waals surface area contributed by atoms with Gasteiger partial charge in [-0.25, -0.2) is 4.79 Å². The lowest BCUT2D eigenvalue weighted by Gasteiger charge is -2.04. The normalized spacial score (nSPS) is 11.3. The molecule has 0 spiro atoms. The summed E-state index contributed by atoms with van der Waals surface area (Å²) in [5.41, 5.74) is 0.444. The minimum absolute atomic E-state index is 0.144. The van der Waals surface area contributed by atoms with Crippen LogP contribution in [-0.4, -0.2) is 24.3 Å². The monoisotopic (exact) mass is 322 g/mol. The molecule has 0 bridgehead atoms. The second-order valence-electron chi connectivity index (χ2n) is 4.08. The molecule has 0 saturated heterocycles. The molecular formula is C16H15ClO5. The second kappa shape index (κ2) is 8.79. The van der Waals surface area contributed by atoms with E-state index in [1.54, 1.807) is 31.2 Å². The Morgan fingerprint density at radius 3 is 2.36 bits per heavy atom. The fourth-order valence-corrected chi connectivity index (χ4v) is 1.56. The SMILES string of the molecule is CCOC(=O)/C(=C/C=C/C(=O)c1ccc(Cl)cc1)OC(C)=O. The number of benzene rings is 1. The van der Waals surface area contributed by atoms with Crippen LogP contribution in [0.15, 0.2) is 48.3 Å². The maximum absolute atomic E-state index is 11.9. The van der Waals surface area contributed by atoms with Gasteiger partial charge in [0.05, 0.1) is 6.61 Å². The molecule has 22 heavy (non-hydrogen) atoms. The topological polar surface area (TPSA) is 69.7 Å². The molecule has 0 N–H and O–H groups in total. The van der Waals surface area contributed by atoms with Crippen LogP contribution in [0.3, 0.4) is 0 Å². The highest BCUT2D eigenvalue weighted by Gasteiger charge is 2.13. The Labute approximate surface area is 133 Å². The van der Waals surface area contributed by atoms with Gasteiger partial charge in [0.2, 0.25) is 5.76 Å². The molecule has 5 nitrogen and oxygen atoms in total. The molecule has 0 aromatic heterocycles. The first-order chi connectivity index (χ1) is 10.4. The smallest absolute Gasteiger partial charge is 0.374 e. The first-order valence-corrected chi connectivity index (χ1v) is 6.85. The number of ketones is 1. The number of rotatable bonds is 6. The quantitative estimate of drug-likeness (QED) is 0.265. The average Bonchev–Trinajstić information content (AvgIpc) is 2.46. The molecule has 1 aromatic carbocycles. The van der Waals surface area contributed by atoms with E-state index in [1.807, 2.05) is 0 Å². The summed E-state index contributed by atoms with van der Waals surface area (Å²) in [5.74, 6) is -1.99. The van der Waals surface area contributed by atoms with E-state index in [0.717, 1.165) is 6.92 Å². The zero-order chi connectivity index (χ0) is 16.5. The van der Waals surface area contributed by atoms with Crippen LogP contribution in [0.5, 0.6) is 0 Å². The van der Waals surface area contributed by atoms with Crippen molar-refractivity contribution >= 4 is 29.3 Å². The summed E-state index contributed by atoms with van der Waals surface area (Å²) < 4.78 is 9.48. The van der Waals surface area contributed by atoms with Crippen molar-refractivity contribution in [1.29, 1.82) is 0 Å². The maximum Gasteiger partial charge on any atom is 0.374 e. The Morgan fingerprint density at radius 2 is 1.82 bits per heavy atom. The molecule has 0 fully saturated rings. The summed E-state index contributed by atoms with van der Waals surface area (Å²) in [6.45, 7) is 2.93. The Morgan fingerprint density at radius 1 is 1.18 bits per heavy atom. The van der Waals surface area contributed by atoms with Crippen LogP contribution >= 0.6 is 11.6 Å². The van der Waals surface area contributed by atoms with E-state index in [1.165, 1.54) is 18.2 Å². The Balaban J connectivity index is 2.83. The van der Waals surface area contributed by atoms with Gasteiger partial charge in [-0.1, -0.05) is 17.7 Å². The molecule has 6 heteroatoms.